The third kappa shape index (κ3) is 3.07. The predicted octanol–water partition coefficient (Wildman–Crippen LogP) is 1.59. The van der Waals surface area contributed by atoms with Crippen LogP contribution in [0.25, 0.3) is 0 Å². The Labute approximate surface area is 124 Å². The largest absolute Gasteiger partial charge is 0.409 e. The number of aryl methyl sites for hydroxylation is 2. The molecule has 1 aromatic heterocycles. The van der Waals surface area contributed by atoms with Crippen molar-refractivity contribution in [2.24, 2.45) is 23.9 Å². The molecule has 0 unspecified atom stereocenters. The van der Waals surface area contributed by atoms with Gasteiger partial charge in [-0.1, -0.05) is 23.7 Å². The normalized spacial score (nSPS) is 18.6. The molecule has 0 amide bonds. The third-order valence-electron chi connectivity index (χ3n) is 4.00. The first-order valence-corrected chi connectivity index (χ1v) is 7.34. The van der Waals surface area contributed by atoms with Crippen molar-refractivity contribution in [2.45, 2.75) is 32.7 Å². The van der Waals surface area contributed by atoms with Crippen molar-refractivity contribution in [2.75, 3.05) is 13.1 Å². The zero-order chi connectivity index (χ0) is 14.7. The Morgan fingerprint density at radius 3 is 2.65 bits per heavy atom. The molecule has 1 aliphatic heterocycles. The van der Waals surface area contributed by atoms with Gasteiger partial charge in [-0.25, -0.2) is 0 Å². The molecule has 0 atom stereocenters. The van der Waals surface area contributed by atoms with E-state index in [0.717, 1.165) is 55.3 Å². The number of piperidine rings is 1. The fourth-order valence-corrected chi connectivity index (χ4v) is 3.03. The minimum Gasteiger partial charge on any atom is -0.409 e. The molecule has 1 fully saturated rings. The van der Waals surface area contributed by atoms with Crippen LogP contribution in [0, 0.1) is 5.92 Å². The number of hydrogen-bond acceptors (Lipinski definition) is 4. The summed E-state index contributed by atoms with van der Waals surface area (Å²) in [5.74, 6) is 0.529. The molecule has 6 nitrogen and oxygen atoms in total. The molecule has 0 bridgehead atoms. The lowest BCUT2D eigenvalue weighted by Crippen LogP contribution is -2.38. The standard InChI is InChI=1S/C13H22ClN5O/c1-3-10-12(14)11(18(2)16-10)8-19-6-4-9(5-7-19)13(15)17-20/h9,20H,3-8H2,1-2H3,(H2,15,17). The second-order valence-corrected chi connectivity index (χ2v) is 5.64. The van der Waals surface area contributed by atoms with Crippen LogP contribution in [0.2, 0.25) is 5.02 Å². The van der Waals surface area contributed by atoms with Gasteiger partial charge in [-0.2, -0.15) is 5.10 Å². The van der Waals surface area contributed by atoms with E-state index in [1.54, 1.807) is 0 Å². The highest BCUT2D eigenvalue weighted by atomic mass is 35.5. The highest BCUT2D eigenvalue weighted by Crippen LogP contribution is 2.24. The molecule has 2 heterocycles. The maximum atomic E-state index is 8.71. The number of likely N-dealkylation sites (tertiary alicyclic amines) is 1. The van der Waals surface area contributed by atoms with Gasteiger partial charge in [0.2, 0.25) is 0 Å². The van der Waals surface area contributed by atoms with E-state index in [-0.39, 0.29) is 5.92 Å². The molecule has 1 aromatic rings. The Morgan fingerprint density at radius 2 is 2.15 bits per heavy atom. The molecule has 0 aromatic carbocycles. The molecule has 3 N–H and O–H groups in total. The summed E-state index contributed by atoms with van der Waals surface area (Å²) in [5, 5.41) is 17.0. The van der Waals surface area contributed by atoms with Gasteiger partial charge in [0, 0.05) is 19.5 Å². The van der Waals surface area contributed by atoms with Gasteiger partial charge in [-0.15, -0.1) is 0 Å². The van der Waals surface area contributed by atoms with Crippen LogP contribution in [0.5, 0.6) is 0 Å². The molecule has 2 rings (SSSR count). The Kier molecular flexibility index (Phi) is 4.88. The van der Waals surface area contributed by atoms with Crippen LogP contribution >= 0.6 is 11.6 Å². The summed E-state index contributed by atoms with van der Waals surface area (Å²) < 4.78 is 1.87. The van der Waals surface area contributed by atoms with E-state index < -0.39 is 0 Å². The van der Waals surface area contributed by atoms with Crippen LogP contribution < -0.4 is 5.73 Å². The van der Waals surface area contributed by atoms with Crippen molar-refractivity contribution in [3.05, 3.63) is 16.4 Å². The topological polar surface area (TPSA) is 79.7 Å². The quantitative estimate of drug-likeness (QED) is 0.383. The molecule has 20 heavy (non-hydrogen) atoms. The third-order valence-corrected chi connectivity index (χ3v) is 4.43. The van der Waals surface area contributed by atoms with Gasteiger partial charge in [0.05, 0.1) is 16.4 Å². The van der Waals surface area contributed by atoms with E-state index in [0.29, 0.717) is 5.84 Å². The molecule has 1 saturated heterocycles. The Bertz CT molecular complexity index is 491. The lowest BCUT2D eigenvalue weighted by atomic mass is 9.96. The summed E-state index contributed by atoms with van der Waals surface area (Å²) in [6, 6.07) is 0. The van der Waals surface area contributed by atoms with E-state index in [1.165, 1.54) is 0 Å². The van der Waals surface area contributed by atoms with Crippen molar-refractivity contribution < 1.29 is 5.21 Å². The van der Waals surface area contributed by atoms with Crippen molar-refractivity contribution >= 4 is 17.4 Å². The first kappa shape index (κ1) is 15.1. The van der Waals surface area contributed by atoms with Crippen LogP contribution in [-0.4, -0.2) is 38.8 Å². The average Bonchev–Trinajstić information content (AvgIpc) is 2.74. The second kappa shape index (κ2) is 6.45. The maximum Gasteiger partial charge on any atom is 0.142 e. The number of nitrogens with two attached hydrogens (primary N) is 1. The number of aromatic nitrogens is 2. The average molecular weight is 300 g/mol. The number of rotatable bonds is 4. The molecule has 0 radical (unpaired) electrons. The summed E-state index contributed by atoms with van der Waals surface area (Å²) in [4.78, 5) is 2.34. The molecule has 0 spiro atoms. The van der Waals surface area contributed by atoms with Crippen LogP contribution in [0.1, 0.15) is 31.2 Å². The number of oxime groups is 1. The minimum atomic E-state index is 0.185. The molecule has 0 aliphatic carbocycles. The molecule has 1 aliphatic rings. The van der Waals surface area contributed by atoms with Crippen molar-refractivity contribution in [3.8, 4) is 0 Å². The van der Waals surface area contributed by atoms with Gasteiger partial charge < -0.3 is 10.9 Å². The van der Waals surface area contributed by atoms with E-state index in [1.807, 2.05) is 11.7 Å². The van der Waals surface area contributed by atoms with Crippen LogP contribution in [0.4, 0.5) is 0 Å². The Balaban J connectivity index is 1.98. The zero-order valence-corrected chi connectivity index (χ0v) is 12.8. The summed E-state index contributed by atoms with van der Waals surface area (Å²) in [7, 11) is 1.93. The van der Waals surface area contributed by atoms with Crippen molar-refractivity contribution in [3.63, 3.8) is 0 Å². The van der Waals surface area contributed by atoms with Crippen LogP contribution in [0.3, 0.4) is 0 Å². The van der Waals surface area contributed by atoms with E-state index in [4.69, 9.17) is 22.5 Å². The number of hydrogen-bond donors (Lipinski definition) is 2. The van der Waals surface area contributed by atoms with E-state index in [9.17, 15) is 0 Å². The highest BCUT2D eigenvalue weighted by molar-refractivity contribution is 6.31. The van der Waals surface area contributed by atoms with E-state index >= 15 is 0 Å². The lowest BCUT2D eigenvalue weighted by Gasteiger charge is -2.31. The van der Waals surface area contributed by atoms with Crippen molar-refractivity contribution in [1.29, 1.82) is 0 Å². The molecule has 7 heteroatoms. The summed E-state index contributed by atoms with van der Waals surface area (Å²) >= 11 is 6.37. The fourth-order valence-electron chi connectivity index (χ4n) is 2.67. The van der Waals surface area contributed by atoms with Gasteiger partial charge in [-0.3, -0.25) is 9.58 Å². The maximum absolute atomic E-state index is 8.71. The smallest absolute Gasteiger partial charge is 0.142 e. The fraction of sp³-hybridized carbons (Fsp3) is 0.692. The monoisotopic (exact) mass is 299 g/mol. The second-order valence-electron chi connectivity index (χ2n) is 5.26. The lowest BCUT2D eigenvalue weighted by molar-refractivity contribution is 0.194. The first-order chi connectivity index (χ1) is 9.56. The minimum absolute atomic E-state index is 0.185. The number of halogens is 1. The molecular weight excluding hydrogens is 278 g/mol. The Hall–Kier alpha value is -1.27. The number of amidine groups is 1. The Morgan fingerprint density at radius 1 is 1.50 bits per heavy atom. The van der Waals surface area contributed by atoms with Gasteiger partial charge in [0.25, 0.3) is 0 Å². The highest BCUT2D eigenvalue weighted by Gasteiger charge is 2.24. The molecule has 112 valence electrons. The van der Waals surface area contributed by atoms with Gasteiger partial charge in [0.15, 0.2) is 0 Å². The summed E-state index contributed by atoms with van der Waals surface area (Å²) in [5.41, 5.74) is 7.68. The van der Waals surface area contributed by atoms with Crippen LogP contribution in [-0.2, 0) is 20.0 Å². The molecule has 0 saturated carbocycles. The zero-order valence-electron chi connectivity index (χ0n) is 12.0. The van der Waals surface area contributed by atoms with Gasteiger partial charge in [0.1, 0.15) is 5.84 Å². The van der Waals surface area contributed by atoms with Gasteiger partial charge >= 0.3 is 0 Å². The van der Waals surface area contributed by atoms with Crippen LogP contribution in [0.15, 0.2) is 5.16 Å². The predicted molar refractivity (Wildman–Crippen MR) is 79.0 cm³/mol. The number of nitrogens with zero attached hydrogens (tertiary/aromatic N) is 4. The molecular formula is C13H22ClN5O. The van der Waals surface area contributed by atoms with Crippen molar-refractivity contribution in [1.82, 2.24) is 14.7 Å². The summed E-state index contributed by atoms with van der Waals surface area (Å²) in [6.45, 7) is 4.69. The van der Waals surface area contributed by atoms with E-state index in [2.05, 4.69) is 22.1 Å². The SMILES string of the molecule is CCc1nn(C)c(CN2CCC(C(N)=NO)CC2)c1Cl. The first-order valence-electron chi connectivity index (χ1n) is 6.96. The van der Waals surface area contributed by atoms with Gasteiger partial charge in [-0.05, 0) is 32.4 Å². The summed E-state index contributed by atoms with van der Waals surface area (Å²) in [6.07, 6.45) is 2.66.